The highest BCUT2D eigenvalue weighted by molar-refractivity contribution is 5.43. The number of aromatic nitrogens is 3. The van der Waals surface area contributed by atoms with Gasteiger partial charge < -0.3 is 4.90 Å². The smallest absolute Gasteiger partial charge is 0.129 e. The number of fused-ring (bicyclic) bond motifs is 1. The van der Waals surface area contributed by atoms with Crippen LogP contribution in [0, 0.1) is 0 Å². The first-order valence-corrected chi connectivity index (χ1v) is 4.87. The molecule has 0 bridgehead atoms. The molecule has 0 radical (unpaired) electrons. The van der Waals surface area contributed by atoms with E-state index in [1.807, 2.05) is 30.6 Å². The van der Waals surface area contributed by atoms with Gasteiger partial charge in [0.05, 0.1) is 12.2 Å². The first kappa shape index (κ1) is 8.35. The summed E-state index contributed by atoms with van der Waals surface area (Å²) in [6, 6.07) is 5.93. The fraction of sp³-hybridized carbons (Fsp3) is 0.182. The molecule has 0 saturated heterocycles. The van der Waals surface area contributed by atoms with Crippen molar-refractivity contribution in [1.29, 1.82) is 0 Å². The number of anilines is 1. The van der Waals surface area contributed by atoms with Crippen molar-refractivity contribution < 1.29 is 0 Å². The fourth-order valence-corrected chi connectivity index (χ4v) is 1.80. The molecule has 0 spiro atoms. The van der Waals surface area contributed by atoms with Gasteiger partial charge in [0.1, 0.15) is 12.1 Å². The summed E-state index contributed by atoms with van der Waals surface area (Å²) in [5.74, 6) is 0.996. The van der Waals surface area contributed by atoms with Crippen LogP contribution in [-0.2, 0) is 13.1 Å². The standard InChI is InChI=1S/C11H10N4/c1-2-4-13-11(3-1)15-6-9-5-12-8-14-10(9)7-15/h1-5,8H,6-7H2. The zero-order valence-electron chi connectivity index (χ0n) is 8.17. The number of rotatable bonds is 1. The normalized spacial score (nSPS) is 14.0. The average molecular weight is 198 g/mol. The molecular formula is C11H10N4. The van der Waals surface area contributed by atoms with E-state index >= 15 is 0 Å². The van der Waals surface area contributed by atoms with Crippen molar-refractivity contribution in [2.45, 2.75) is 13.1 Å². The van der Waals surface area contributed by atoms with E-state index in [-0.39, 0.29) is 0 Å². The maximum absolute atomic E-state index is 4.32. The van der Waals surface area contributed by atoms with Gasteiger partial charge >= 0.3 is 0 Å². The summed E-state index contributed by atoms with van der Waals surface area (Å²) < 4.78 is 0. The molecule has 2 aromatic rings. The Kier molecular flexibility index (Phi) is 1.84. The van der Waals surface area contributed by atoms with Gasteiger partial charge in [0.15, 0.2) is 0 Å². The van der Waals surface area contributed by atoms with Gasteiger partial charge in [0, 0.05) is 24.5 Å². The Labute approximate surface area is 87.6 Å². The second kappa shape index (κ2) is 3.31. The Balaban J connectivity index is 1.91. The molecular weight excluding hydrogens is 188 g/mol. The predicted octanol–water partition coefficient (Wildman–Crippen LogP) is 1.39. The molecule has 0 atom stereocenters. The lowest BCUT2D eigenvalue weighted by atomic mass is 10.3. The van der Waals surface area contributed by atoms with E-state index in [9.17, 15) is 0 Å². The second-order valence-electron chi connectivity index (χ2n) is 3.54. The fourth-order valence-electron chi connectivity index (χ4n) is 1.80. The monoisotopic (exact) mass is 198 g/mol. The molecule has 0 aliphatic carbocycles. The van der Waals surface area contributed by atoms with E-state index in [1.54, 1.807) is 6.33 Å². The molecule has 0 aromatic carbocycles. The lowest BCUT2D eigenvalue weighted by molar-refractivity contribution is 0.848. The number of hydrogen-bond acceptors (Lipinski definition) is 4. The predicted molar refractivity (Wildman–Crippen MR) is 56.2 cm³/mol. The zero-order valence-corrected chi connectivity index (χ0v) is 8.17. The summed E-state index contributed by atoms with van der Waals surface area (Å²) >= 11 is 0. The van der Waals surface area contributed by atoms with Gasteiger partial charge in [0.25, 0.3) is 0 Å². The molecule has 3 rings (SSSR count). The molecule has 2 aromatic heterocycles. The minimum Gasteiger partial charge on any atom is -0.346 e. The largest absolute Gasteiger partial charge is 0.346 e. The summed E-state index contributed by atoms with van der Waals surface area (Å²) in [7, 11) is 0. The van der Waals surface area contributed by atoms with Crippen molar-refractivity contribution in [2.24, 2.45) is 0 Å². The van der Waals surface area contributed by atoms with Crippen LogP contribution in [-0.4, -0.2) is 15.0 Å². The van der Waals surface area contributed by atoms with E-state index in [2.05, 4.69) is 19.9 Å². The topological polar surface area (TPSA) is 41.9 Å². The Morgan fingerprint density at radius 2 is 2.13 bits per heavy atom. The van der Waals surface area contributed by atoms with Crippen molar-refractivity contribution in [2.75, 3.05) is 4.90 Å². The Morgan fingerprint density at radius 3 is 2.93 bits per heavy atom. The quantitative estimate of drug-likeness (QED) is 0.694. The van der Waals surface area contributed by atoms with Crippen molar-refractivity contribution in [3.8, 4) is 0 Å². The van der Waals surface area contributed by atoms with Gasteiger partial charge in [-0.3, -0.25) is 0 Å². The van der Waals surface area contributed by atoms with Crippen molar-refractivity contribution in [3.05, 3.63) is 48.2 Å². The first-order valence-electron chi connectivity index (χ1n) is 4.87. The third-order valence-electron chi connectivity index (χ3n) is 2.56. The van der Waals surface area contributed by atoms with Crippen LogP contribution < -0.4 is 4.90 Å². The Hall–Kier alpha value is -1.97. The Morgan fingerprint density at radius 1 is 1.13 bits per heavy atom. The maximum Gasteiger partial charge on any atom is 0.129 e. The number of pyridine rings is 1. The van der Waals surface area contributed by atoms with Crippen LogP contribution in [0.3, 0.4) is 0 Å². The second-order valence-corrected chi connectivity index (χ2v) is 3.54. The molecule has 1 aliphatic heterocycles. The highest BCUT2D eigenvalue weighted by atomic mass is 15.2. The van der Waals surface area contributed by atoms with Crippen LogP contribution in [0.4, 0.5) is 5.82 Å². The van der Waals surface area contributed by atoms with E-state index in [1.165, 1.54) is 5.56 Å². The summed E-state index contributed by atoms with van der Waals surface area (Å²) in [6.45, 7) is 1.68. The molecule has 4 heteroatoms. The number of hydrogen-bond donors (Lipinski definition) is 0. The first-order chi connectivity index (χ1) is 7.43. The highest BCUT2D eigenvalue weighted by Crippen LogP contribution is 2.23. The van der Waals surface area contributed by atoms with Gasteiger partial charge in [-0.05, 0) is 12.1 Å². The molecule has 0 N–H and O–H groups in total. The van der Waals surface area contributed by atoms with Crippen molar-refractivity contribution in [1.82, 2.24) is 15.0 Å². The number of nitrogens with zero attached hydrogens (tertiary/aromatic N) is 4. The minimum atomic E-state index is 0.828. The molecule has 74 valence electrons. The third-order valence-corrected chi connectivity index (χ3v) is 2.56. The van der Waals surface area contributed by atoms with Crippen LogP contribution in [0.1, 0.15) is 11.3 Å². The molecule has 0 saturated carbocycles. The lowest BCUT2D eigenvalue weighted by Gasteiger charge is -2.15. The average Bonchev–Trinajstić information content (AvgIpc) is 2.74. The van der Waals surface area contributed by atoms with Crippen LogP contribution in [0.15, 0.2) is 36.9 Å². The molecule has 3 heterocycles. The van der Waals surface area contributed by atoms with Crippen molar-refractivity contribution >= 4 is 5.82 Å². The van der Waals surface area contributed by atoms with E-state index in [4.69, 9.17) is 0 Å². The third kappa shape index (κ3) is 1.44. The highest BCUT2D eigenvalue weighted by Gasteiger charge is 2.20. The van der Waals surface area contributed by atoms with E-state index in [0.717, 1.165) is 24.6 Å². The molecule has 15 heavy (non-hydrogen) atoms. The summed E-state index contributed by atoms with van der Waals surface area (Å²) in [5, 5.41) is 0. The summed E-state index contributed by atoms with van der Waals surface area (Å²) in [4.78, 5) is 14.8. The van der Waals surface area contributed by atoms with Gasteiger partial charge in [-0.15, -0.1) is 0 Å². The molecule has 0 fully saturated rings. The minimum absolute atomic E-state index is 0.828. The van der Waals surface area contributed by atoms with Gasteiger partial charge in [0.2, 0.25) is 0 Å². The van der Waals surface area contributed by atoms with Gasteiger partial charge in [-0.1, -0.05) is 6.07 Å². The van der Waals surface area contributed by atoms with Crippen molar-refractivity contribution in [3.63, 3.8) is 0 Å². The van der Waals surface area contributed by atoms with Crippen LogP contribution >= 0.6 is 0 Å². The molecule has 0 amide bonds. The van der Waals surface area contributed by atoms with Gasteiger partial charge in [-0.25, -0.2) is 15.0 Å². The maximum atomic E-state index is 4.32. The lowest BCUT2D eigenvalue weighted by Crippen LogP contribution is -2.15. The summed E-state index contributed by atoms with van der Waals surface area (Å²) in [5.41, 5.74) is 2.30. The van der Waals surface area contributed by atoms with E-state index < -0.39 is 0 Å². The SMILES string of the molecule is c1ccc(N2Cc3cncnc3C2)nc1. The van der Waals surface area contributed by atoms with Crippen LogP contribution in [0.5, 0.6) is 0 Å². The van der Waals surface area contributed by atoms with Gasteiger partial charge in [-0.2, -0.15) is 0 Å². The van der Waals surface area contributed by atoms with E-state index in [0.29, 0.717) is 0 Å². The summed E-state index contributed by atoms with van der Waals surface area (Å²) in [6.07, 6.45) is 5.29. The Bertz CT molecular complexity index is 444. The molecule has 1 aliphatic rings. The molecule has 0 unspecified atom stereocenters. The van der Waals surface area contributed by atoms with Crippen LogP contribution in [0.25, 0.3) is 0 Å². The molecule has 4 nitrogen and oxygen atoms in total. The zero-order chi connectivity index (χ0) is 10.1. The van der Waals surface area contributed by atoms with Crippen LogP contribution in [0.2, 0.25) is 0 Å².